The van der Waals surface area contributed by atoms with Gasteiger partial charge in [0.05, 0.1) is 11.6 Å². The molecule has 1 aliphatic rings. The monoisotopic (exact) mass is 289 g/mol. The van der Waals surface area contributed by atoms with E-state index < -0.39 is 0 Å². The van der Waals surface area contributed by atoms with Crippen molar-refractivity contribution in [1.29, 1.82) is 0 Å². The van der Waals surface area contributed by atoms with Crippen molar-refractivity contribution in [2.45, 2.75) is 25.8 Å². The van der Waals surface area contributed by atoms with Gasteiger partial charge in [-0.1, -0.05) is 36.4 Å². The molecule has 110 valence electrons. The van der Waals surface area contributed by atoms with Crippen molar-refractivity contribution in [2.75, 3.05) is 11.9 Å². The molecule has 0 bridgehead atoms. The van der Waals surface area contributed by atoms with Gasteiger partial charge in [-0.15, -0.1) is 0 Å². The predicted octanol–water partition coefficient (Wildman–Crippen LogP) is 4.06. The smallest absolute Gasteiger partial charge is 0.140 e. The van der Waals surface area contributed by atoms with Crippen molar-refractivity contribution >= 4 is 16.7 Å². The lowest BCUT2D eigenvalue weighted by Gasteiger charge is -2.27. The van der Waals surface area contributed by atoms with Gasteiger partial charge in [-0.2, -0.15) is 0 Å². The first-order chi connectivity index (χ1) is 10.8. The lowest BCUT2D eigenvalue weighted by Crippen LogP contribution is -2.23. The molecule has 0 N–H and O–H groups in total. The molecule has 3 heteroatoms. The molecule has 2 aromatic carbocycles. The minimum atomic E-state index is 0.397. The first kappa shape index (κ1) is 13.3. The lowest BCUT2D eigenvalue weighted by atomic mass is 10.1. The van der Waals surface area contributed by atoms with Gasteiger partial charge < -0.3 is 4.90 Å². The topological polar surface area (TPSA) is 29.0 Å². The molecular formula is C19H19N3. The zero-order valence-corrected chi connectivity index (χ0v) is 13.0. The van der Waals surface area contributed by atoms with Crippen LogP contribution in [-0.4, -0.2) is 17.0 Å². The number of nitrogens with zero attached hydrogens (tertiary/aromatic N) is 3. The molecule has 0 radical (unpaired) electrons. The normalized spacial score (nSPS) is 16.7. The van der Waals surface area contributed by atoms with Gasteiger partial charge in [0.2, 0.25) is 0 Å². The van der Waals surface area contributed by atoms with E-state index in [-0.39, 0.29) is 0 Å². The van der Waals surface area contributed by atoms with Crippen molar-refractivity contribution in [3.63, 3.8) is 0 Å². The van der Waals surface area contributed by atoms with Crippen molar-refractivity contribution in [3.8, 4) is 0 Å². The second kappa shape index (κ2) is 5.09. The quantitative estimate of drug-likeness (QED) is 0.712. The van der Waals surface area contributed by atoms with Gasteiger partial charge in [0.25, 0.3) is 0 Å². The average molecular weight is 289 g/mol. The fourth-order valence-corrected chi connectivity index (χ4v) is 3.61. The Morgan fingerprint density at radius 2 is 1.91 bits per heavy atom. The maximum atomic E-state index is 4.60. The van der Waals surface area contributed by atoms with Crippen LogP contribution >= 0.6 is 0 Å². The Kier molecular flexibility index (Phi) is 3.07. The summed E-state index contributed by atoms with van der Waals surface area (Å²) in [6.07, 6.45) is 3.97. The first-order valence-electron chi connectivity index (χ1n) is 7.76. The van der Waals surface area contributed by atoms with Crippen LogP contribution in [0.5, 0.6) is 0 Å². The summed E-state index contributed by atoms with van der Waals surface area (Å²) in [5.41, 5.74) is 5.15. The van der Waals surface area contributed by atoms with Crippen molar-refractivity contribution < 1.29 is 0 Å². The van der Waals surface area contributed by atoms with Crippen LogP contribution in [0, 0.1) is 6.92 Å². The Labute approximate surface area is 130 Å². The Morgan fingerprint density at radius 1 is 1.05 bits per heavy atom. The third kappa shape index (κ3) is 1.97. The third-order valence-electron chi connectivity index (χ3n) is 4.75. The van der Waals surface area contributed by atoms with Gasteiger partial charge in [0.15, 0.2) is 0 Å². The zero-order valence-electron chi connectivity index (χ0n) is 13.0. The summed E-state index contributed by atoms with van der Waals surface area (Å²) >= 11 is 0. The molecule has 0 aliphatic heterocycles. The molecule has 0 unspecified atom stereocenters. The second-order valence-electron chi connectivity index (χ2n) is 6.03. The SMILES string of the molecule is Cc1cccc2ncnc(N(C)[C@@H]3CCc4ccccc43)c12. The third-order valence-corrected chi connectivity index (χ3v) is 4.75. The molecule has 1 atom stereocenters. The van der Waals surface area contributed by atoms with E-state index in [0.717, 1.165) is 29.6 Å². The van der Waals surface area contributed by atoms with Crippen LogP contribution in [0.1, 0.15) is 29.2 Å². The fraction of sp³-hybridized carbons (Fsp3) is 0.263. The second-order valence-corrected chi connectivity index (χ2v) is 6.03. The summed E-state index contributed by atoms with van der Waals surface area (Å²) in [4.78, 5) is 11.3. The van der Waals surface area contributed by atoms with Crippen LogP contribution in [0.25, 0.3) is 10.9 Å². The van der Waals surface area contributed by atoms with Crippen LogP contribution in [0.2, 0.25) is 0 Å². The number of aryl methyl sites for hydroxylation is 2. The van der Waals surface area contributed by atoms with Gasteiger partial charge in [-0.3, -0.25) is 0 Å². The maximum Gasteiger partial charge on any atom is 0.140 e. The molecule has 1 aliphatic carbocycles. The number of anilines is 1. The molecule has 0 saturated heterocycles. The molecule has 0 spiro atoms. The summed E-state index contributed by atoms with van der Waals surface area (Å²) in [7, 11) is 2.15. The number of hydrogen-bond acceptors (Lipinski definition) is 3. The molecule has 0 saturated carbocycles. The van der Waals surface area contributed by atoms with Gasteiger partial charge in [-0.25, -0.2) is 9.97 Å². The average Bonchev–Trinajstić information content (AvgIpc) is 2.98. The molecule has 4 rings (SSSR count). The van der Waals surface area contributed by atoms with Crippen LogP contribution in [0.15, 0.2) is 48.8 Å². The molecule has 0 amide bonds. The Morgan fingerprint density at radius 3 is 2.82 bits per heavy atom. The highest BCUT2D eigenvalue weighted by Gasteiger charge is 2.27. The minimum absolute atomic E-state index is 0.397. The van der Waals surface area contributed by atoms with Crippen molar-refractivity contribution in [2.24, 2.45) is 0 Å². The molecule has 22 heavy (non-hydrogen) atoms. The van der Waals surface area contributed by atoms with Gasteiger partial charge in [-0.05, 0) is 42.5 Å². The van der Waals surface area contributed by atoms with E-state index >= 15 is 0 Å². The van der Waals surface area contributed by atoms with Crippen molar-refractivity contribution in [1.82, 2.24) is 9.97 Å². The maximum absolute atomic E-state index is 4.60. The molecule has 3 aromatic rings. The number of aromatic nitrogens is 2. The molecule has 0 fully saturated rings. The summed E-state index contributed by atoms with van der Waals surface area (Å²) < 4.78 is 0. The summed E-state index contributed by atoms with van der Waals surface area (Å²) in [5, 5.41) is 1.16. The van der Waals surface area contributed by atoms with Crippen LogP contribution in [0.4, 0.5) is 5.82 Å². The van der Waals surface area contributed by atoms with Crippen LogP contribution in [-0.2, 0) is 6.42 Å². The molecule has 1 heterocycles. The highest BCUT2D eigenvalue weighted by atomic mass is 15.2. The van der Waals surface area contributed by atoms with E-state index in [4.69, 9.17) is 0 Å². The highest BCUT2D eigenvalue weighted by molar-refractivity contribution is 5.92. The van der Waals surface area contributed by atoms with E-state index in [1.807, 2.05) is 0 Å². The standard InChI is InChI=1S/C19H19N3/c1-13-6-5-9-16-18(13)19(21-12-20-16)22(2)17-11-10-14-7-3-4-8-15(14)17/h3-9,12,17H,10-11H2,1-2H3/t17-/m1/s1. The van der Waals surface area contributed by atoms with E-state index in [1.54, 1.807) is 6.33 Å². The Balaban J connectivity index is 1.83. The van der Waals surface area contributed by atoms with Crippen LogP contribution < -0.4 is 4.90 Å². The van der Waals surface area contributed by atoms with Gasteiger partial charge >= 0.3 is 0 Å². The number of fused-ring (bicyclic) bond motifs is 2. The predicted molar refractivity (Wildman–Crippen MR) is 90.2 cm³/mol. The molecule has 1 aromatic heterocycles. The summed E-state index contributed by atoms with van der Waals surface area (Å²) in [5.74, 6) is 1.03. The number of benzene rings is 2. The Hall–Kier alpha value is -2.42. The van der Waals surface area contributed by atoms with E-state index in [1.165, 1.54) is 16.7 Å². The molecular weight excluding hydrogens is 270 g/mol. The number of hydrogen-bond donors (Lipinski definition) is 0. The largest absolute Gasteiger partial charge is 0.352 e. The van der Waals surface area contributed by atoms with E-state index in [9.17, 15) is 0 Å². The van der Waals surface area contributed by atoms with Gasteiger partial charge in [0.1, 0.15) is 12.1 Å². The van der Waals surface area contributed by atoms with Crippen molar-refractivity contribution in [3.05, 3.63) is 65.5 Å². The summed E-state index contributed by atoms with van der Waals surface area (Å²) in [6.45, 7) is 2.13. The van der Waals surface area contributed by atoms with Crippen LogP contribution in [0.3, 0.4) is 0 Å². The number of rotatable bonds is 2. The van der Waals surface area contributed by atoms with Gasteiger partial charge in [0, 0.05) is 12.4 Å². The fourth-order valence-electron chi connectivity index (χ4n) is 3.61. The van der Waals surface area contributed by atoms with E-state index in [2.05, 4.69) is 71.3 Å². The zero-order chi connectivity index (χ0) is 15.1. The summed E-state index contributed by atoms with van der Waals surface area (Å²) in [6, 6.07) is 15.4. The Bertz CT molecular complexity index is 836. The highest BCUT2D eigenvalue weighted by Crippen LogP contribution is 2.38. The molecule has 3 nitrogen and oxygen atoms in total. The first-order valence-corrected chi connectivity index (χ1v) is 7.76. The minimum Gasteiger partial charge on any atom is -0.352 e. The van der Waals surface area contributed by atoms with E-state index in [0.29, 0.717) is 6.04 Å². The lowest BCUT2D eigenvalue weighted by molar-refractivity contribution is 0.657.